The van der Waals surface area contributed by atoms with Gasteiger partial charge in [-0.25, -0.2) is 0 Å². The Bertz CT molecular complexity index is 533. The van der Waals surface area contributed by atoms with Crippen molar-refractivity contribution in [2.75, 3.05) is 0 Å². The zero-order valence-electron chi connectivity index (χ0n) is 11.5. The van der Waals surface area contributed by atoms with E-state index in [2.05, 4.69) is 22.9 Å². The predicted octanol–water partition coefficient (Wildman–Crippen LogP) is 3.37. The number of hydrogen-bond acceptors (Lipinski definition) is 2. The van der Waals surface area contributed by atoms with E-state index in [1.807, 2.05) is 24.3 Å². The molecule has 3 rings (SSSR count). The molecule has 1 aromatic rings. The molecule has 2 fully saturated rings. The first kappa shape index (κ1) is 13.8. The van der Waals surface area contributed by atoms with Crippen molar-refractivity contribution in [3.63, 3.8) is 0 Å². The van der Waals surface area contributed by atoms with Gasteiger partial charge >= 0.3 is 0 Å². The summed E-state index contributed by atoms with van der Waals surface area (Å²) in [6.45, 7) is 2.53. The Morgan fingerprint density at radius 2 is 1.75 bits per heavy atom. The van der Waals surface area contributed by atoms with Crippen molar-refractivity contribution in [1.29, 1.82) is 0 Å². The van der Waals surface area contributed by atoms with Crippen LogP contribution in [0.15, 0.2) is 28.7 Å². The largest absolute Gasteiger partial charge is 0.278 e. The van der Waals surface area contributed by atoms with E-state index < -0.39 is 0 Å². The van der Waals surface area contributed by atoms with Crippen LogP contribution in [0.2, 0.25) is 0 Å². The van der Waals surface area contributed by atoms with Crippen molar-refractivity contribution in [3.8, 4) is 0 Å². The fourth-order valence-electron chi connectivity index (χ4n) is 3.48. The Kier molecular flexibility index (Phi) is 3.67. The molecule has 2 aliphatic rings. The molecule has 1 saturated carbocycles. The summed E-state index contributed by atoms with van der Waals surface area (Å²) in [5.41, 5.74) is 0.987. The van der Waals surface area contributed by atoms with Gasteiger partial charge in [0.2, 0.25) is 11.8 Å². The molecule has 0 radical (unpaired) electrons. The van der Waals surface area contributed by atoms with Crippen molar-refractivity contribution >= 4 is 27.7 Å². The van der Waals surface area contributed by atoms with Crippen molar-refractivity contribution in [1.82, 2.24) is 4.90 Å². The number of benzene rings is 1. The van der Waals surface area contributed by atoms with Crippen LogP contribution in [0.25, 0.3) is 0 Å². The second kappa shape index (κ2) is 5.32. The van der Waals surface area contributed by atoms with Crippen LogP contribution < -0.4 is 0 Å². The van der Waals surface area contributed by atoms with Crippen molar-refractivity contribution in [3.05, 3.63) is 34.3 Å². The maximum absolute atomic E-state index is 12.5. The molecule has 20 heavy (non-hydrogen) atoms. The van der Waals surface area contributed by atoms with Gasteiger partial charge in [0, 0.05) is 4.47 Å². The third-order valence-corrected chi connectivity index (χ3v) is 5.46. The summed E-state index contributed by atoms with van der Waals surface area (Å²) in [6.07, 6.45) is 2.84. The molecule has 4 heteroatoms. The summed E-state index contributed by atoms with van der Waals surface area (Å²) in [5, 5.41) is 0. The molecule has 2 unspecified atom stereocenters. The van der Waals surface area contributed by atoms with Gasteiger partial charge in [-0.2, -0.15) is 0 Å². The molecule has 2 amide bonds. The maximum Gasteiger partial charge on any atom is 0.233 e. The lowest BCUT2D eigenvalue weighted by Gasteiger charge is -2.18. The molecule has 0 N–H and O–H groups in total. The number of hydrogen-bond donors (Lipinski definition) is 0. The van der Waals surface area contributed by atoms with Gasteiger partial charge < -0.3 is 0 Å². The summed E-state index contributed by atoms with van der Waals surface area (Å²) in [6, 6.07) is 7.75. The molecular formula is C16H18BrNO2. The van der Waals surface area contributed by atoms with Crippen LogP contribution in [0.1, 0.15) is 31.7 Å². The summed E-state index contributed by atoms with van der Waals surface area (Å²) in [4.78, 5) is 26.4. The number of carbonyl (C=O) groups is 2. The fraction of sp³-hybridized carbons (Fsp3) is 0.500. The molecule has 1 aliphatic heterocycles. The van der Waals surface area contributed by atoms with Crippen LogP contribution in [0.3, 0.4) is 0 Å². The first-order valence-corrected chi connectivity index (χ1v) is 7.99. The van der Waals surface area contributed by atoms with Gasteiger partial charge in [-0.1, -0.05) is 47.5 Å². The minimum atomic E-state index is -0.0602. The van der Waals surface area contributed by atoms with E-state index in [1.165, 1.54) is 4.90 Å². The maximum atomic E-state index is 12.5. The molecule has 0 bridgehead atoms. The lowest BCUT2D eigenvalue weighted by Crippen LogP contribution is -2.31. The molecule has 0 spiro atoms. The second-order valence-electron chi connectivity index (χ2n) is 5.81. The van der Waals surface area contributed by atoms with E-state index >= 15 is 0 Å². The van der Waals surface area contributed by atoms with E-state index in [0.29, 0.717) is 12.5 Å². The number of nitrogens with zero attached hydrogens (tertiary/aromatic N) is 1. The van der Waals surface area contributed by atoms with Gasteiger partial charge in [-0.15, -0.1) is 0 Å². The molecular weight excluding hydrogens is 318 g/mol. The smallest absolute Gasteiger partial charge is 0.233 e. The standard InChI is InChI=1S/C16H18BrNO2/c1-2-10-7-12-13(8-10)16(20)18(15(12)19)9-11-5-3-4-6-14(11)17/h3-6,10,12-13H,2,7-9H2,1H3. The molecule has 3 nitrogen and oxygen atoms in total. The zero-order valence-corrected chi connectivity index (χ0v) is 13.1. The lowest BCUT2D eigenvalue weighted by molar-refractivity contribution is -0.141. The Morgan fingerprint density at radius 1 is 1.15 bits per heavy atom. The van der Waals surface area contributed by atoms with Crippen molar-refractivity contribution in [2.45, 2.75) is 32.7 Å². The highest BCUT2D eigenvalue weighted by Crippen LogP contribution is 2.44. The normalized spacial score (nSPS) is 29.1. The summed E-state index contributed by atoms with van der Waals surface area (Å²) >= 11 is 3.48. The van der Waals surface area contributed by atoms with Crippen LogP contribution >= 0.6 is 15.9 Å². The first-order chi connectivity index (χ1) is 9.61. The Morgan fingerprint density at radius 3 is 2.30 bits per heavy atom. The number of imide groups is 1. The third kappa shape index (κ3) is 2.20. The van der Waals surface area contributed by atoms with Gasteiger partial charge in [-0.05, 0) is 30.4 Å². The van der Waals surface area contributed by atoms with Crippen LogP contribution in [-0.2, 0) is 16.1 Å². The molecule has 1 heterocycles. The molecule has 1 saturated heterocycles. The summed E-state index contributed by atoms with van der Waals surface area (Å²) in [7, 11) is 0. The fourth-order valence-corrected chi connectivity index (χ4v) is 3.89. The van der Waals surface area contributed by atoms with Gasteiger partial charge in [-0.3, -0.25) is 14.5 Å². The van der Waals surface area contributed by atoms with E-state index in [4.69, 9.17) is 0 Å². The van der Waals surface area contributed by atoms with Gasteiger partial charge in [0.05, 0.1) is 18.4 Å². The number of likely N-dealkylation sites (tertiary alicyclic amines) is 1. The van der Waals surface area contributed by atoms with E-state index in [0.717, 1.165) is 29.3 Å². The highest BCUT2D eigenvalue weighted by atomic mass is 79.9. The van der Waals surface area contributed by atoms with Gasteiger partial charge in [0.25, 0.3) is 0 Å². The van der Waals surface area contributed by atoms with Crippen LogP contribution in [0.4, 0.5) is 0 Å². The molecule has 106 valence electrons. The molecule has 2 atom stereocenters. The summed E-state index contributed by atoms with van der Waals surface area (Å²) in [5.74, 6) is 0.492. The van der Waals surface area contributed by atoms with Crippen LogP contribution in [0, 0.1) is 17.8 Å². The average Bonchev–Trinajstić information content (AvgIpc) is 2.96. The van der Waals surface area contributed by atoms with Crippen LogP contribution in [0.5, 0.6) is 0 Å². The lowest BCUT2D eigenvalue weighted by atomic mass is 10.00. The van der Waals surface area contributed by atoms with Gasteiger partial charge in [0.1, 0.15) is 0 Å². The highest BCUT2D eigenvalue weighted by Gasteiger charge is 2.52. The summed E-state index contributed by atoms with van der Waals surface area (Å²) < 4.78 is 0.948. The van der Waals surface area contributed by atoms with Gasteiger partial charge in [0.15, 0.2) is 0 Å². The first-order valence-electron chi connectivity index (χ1n) is 7.20. The van der Waals surface area contributed by atoms with E-state index in [1.54, 1.807) is 0 Å². The number of halogens is 1. The minimum Gasteiger partial charge on any atom is -0.278 e. The van der Waals surface area contributed by atoms with Crippen LogP contribution in [-0.4, -0.2) is 16.7 Å². The Labute approximate surface area is 127 Å². The number of carbonyl (C=O) groups excluding carboxylic acids is 2. The molecule has 0 aromatic heterocycles. The topological polar surface area (TPSA) is 37.4 Å². The molecule has 1 aliphatic carbocycles. The van der Waals surface area contributed by atoms with E-state index in [-0.39, 0.29) is 23.7 Å². The zero-order chi connectivity index (χ0) is 14.3. The second-order valence-corrected chi connectivity index (χ2v) is 6.67. The highest BCUT2D eigenvalue weighted by molar-refractivity contribution is 9.10. The SMILES string of the molecule is CCC1CC2C(=O)N(Cc3ccccc3Br)C(=O)C2C1. The molecule has 1 aromatic carbocycles. The number of rotatable bonds is 3. The third-order valence-electron chi connectivity index (χ3n) is 4.69. The Balaban J connectivity index is 1.79. The van der Waals surface area contributed by atoms with E-state index in [9.17, 15) is 9.59 Å². The van der Waals surface area contributed by atoms with Crippen molar-refractivity contribution < 1.29 is 9.59 Å². The number of fused-ring (bicyclic) bond motifs is 1. The Hall–Kier alpha value is -1.16. The quantitative estimate of drug-likeness (QED) is 0.794. The average molecular weight is 336 g/mol. The minimum absolute atomic E-state index is 0.0340. The van der Waals surface area contributed by atoms with Crippen molar-refractivity contribution in [2.24, 2.45) is 17.8 Å². The predicted molar refractivity (Wildman–Crippen MR) is 79.7 cm³/mol. The monoisotopic (exact) mass is 335 g/mol. The number of amides is 2.